The molecule has 2 aliphatic rings. The number of esters is 1. The minimum Gasteiger partial charge on any atom is -0.466 e. The van der Waals surface area contributed by atoms with Crippen molar-refractivity contribution in [2.24, 2.45) is 5.92 Å². The van der Waals surface area contributed by atoms with Crippen LogP contribution < -0.4 is 0 Å². The van der Waals surface area contributed by atoms with E-state index in [0.29, 0.717) is 23.0 Å². The Kier molecular flexibility index (Phi) is 5.10. The summed E-state index contributed by atoms with van der Waals surface area (Å²) in [5.74, 6) is 3.08. The van der Waals surface area contributed by atoms with Crippen LogP contribution in [0, 0.1) is 5.92 Å². The van der Waals surface area contributed by atoms with Crippen LogP contribution in [0.1, 0.15) is 45.4 Å². The first-order chi connectivity index (χ1) is 8.27. The summed E-state index contributed by atoms with van der Waals surface area (Å²) >= 11 is 4.22. The van der Waals surface area contributed by atoms with Crippen molar-refractivity contribution < 1.29 is 9.53 Å². The number of hydrogen-bond acceptors (Lipinski definition) is 4. The molecule has 1 saturated carbocycles. The first kappa shape index (κ1) is 13.6. The Morgan fingerprint density at radius 3 is 2.76 bits per heavy atom. The Balaban J connectivity index is 1.98. The summed E-state index contributed by atoms with van der Waals surface area (Å²) in [5, 5.41) is 0. The summed E-state index contributed by atoms with van der Waals surface area (Å²) in [7, 11) is 0. The molecule has 0 N–H and O–H groups in total. The molecule has 0 aromatic carbocycles. The average Bonchev–Trinajstić information content (AvgIpc) is 2.34. The van der Waals surface area contributed by atoms with E-state index in [4.69, 9.17) is 4.74 Å². The number of thioether (sulfide) groups is 2. The van der Waals surface area contributed by atoms with E-state index in [0.717, 1.165) is 0 Å². The molecule has 0 amide bonds. The molecule has 0 bridgehead atoms. The lowest BCUT2D eigenvalue weighted by atomic mass is 9.86. The van der Waals surface area contributed by atoms with Crippen LogP contribution in [-0.4, -0.2) is 28.2 Å². The van der Waals surface area contributed by atoms with Crippen molar-refractivity contribution in [1.29, 1.82) is 0 Å². The number of ether oxygens (including phenoxy) is 1. The van der Waals surface area contributed by atoms with Gasteiger partial charge in [0.05, 0.1) is 17.1 Å². The van der Waals surface area contributed by atoms with Gasteiger partial charge in [0.25, 0.3) is 0 Å². The summed E-state index contributed by atoms with van der Waals surface area (Å²) in [6.07, 6.45) is 7.06. The molecule has 1 heterocycles. The van der Waals surface area contributed by atoms with Gasteiger partial charge < -0.3 is 4.74 Å². The largest absolute Gasteiger partial charge is 0.466 e. The molecule has 17 heavy (non-hydrogen) atoms. The summed E-state index contributed by atoms with van der Waals surface area (Å²) in [6.45, 7) is 2.40. The van der Waals surface area contributed by atoms with Gasteiger partial charge in [0, 0.05) is 0 Å². The van der Waals surface area contributed by atoms with Crippen LogP contribution in [0.3, 0.4) is 0 Å². The Morgan fingerprint density at radius 2 is 2.06 bits per heavy atom. The molecule has 2 rings (SSSR count). The molecule has 1 unspecified atom stereocenters. The molecular weight excluding hydrogens is 252 g/mol. The highest BCUT2D eigenvalue weighted by Gasteiger charge is 2.43. The zero-order valence-electron chi connectivity index (χ0n) is 10.6. The Hall–Kier alpha value is 0.170. The van der Waals surface area contributed by atoms with Gasteiger partial charge >= 0.3 is 5.97 Å². The summed E-state index contributed by atoms with van der Waals surface area (Å²) < 4.78 is 5.46. The summed E-state index contributed by atoms with van der Waals surface area (Å²) in [4.78, 5) is 11.7. The molecule has 1 spiro atoms. The molecule has 0 radical (unpaired) electrons. The standard InChI is InChI=1S/C13H22O2S2/c1-2-15-12(14)10-11-6-3-4-7-13(11)16-8-5-9-17-13/h11H,2-10H2,1H3. The van der Waals surface area contributed by atoms with E-state index in [1.54, 1.807) is 0 Å². The van der Waals surface area contributed by atoms with Gasteiger partial charge in [0.15, 0.2) is 0 Å². The highest BCUT2D eigenvalue weighted by Crippen LogP contribution is 2.55. The zero-order valence-corrected chi connectivity index (χ0v) is 12.2. The van der Waals surface area contributed by atoms with Crippen molar-refractivity contribution in [3.63, 3.8) is 0 Å². The van der Waals surface area contributed by atoms with Gasteiger partial charge in [0.1, 0.15) is 0 Å². The van der Waals surface area contributed by atoms with Gasteiger partial charge in [-0.15, -0.1) is 23.5 Å². The van der Waals surface area contributed by atoms with Crippen LogP contribution in [-0.2, 0) is 9.53 Å². The van der Waals surface area contributed by atoms with Crippen LogP contribution in [0.15, 0.2) is 0 Å². The Labute approximate surface area is 113 Å². The van der Waals surface area contributed by atoms with Crippen LogP contribution in [0.4, 0.5) is 0 Å². The maximum atomic E-state index is 11.7. The van der Waals surface area contributed by atoms with Crippen LogP contribution in [0.25, 0.3) is 0 Å². The SMILES string of the molecule is CCOC(=O)CC1CCCCC12SCCCS2. The van der Waals surface area contributed by atoms with Crippen molar-refractivity contribution >= 4 is 29.5 Å². The third kappa shape index (κ3) is 3.34. The number of hydrogen-bond donors (Lipinski definition) is 0. The molecule has 98 valence electrons. The van der Waals surface area contributed by atoms with Crippen LogP contribution >= 0.6 is 23.5 Å². The van der Waals surface area contributed by atoms with Crippen molar-refractivity contribution in [3.8, 4) is 0 Å². The third-order valence-corrected chi connectivity index (χ3v) is 7.39. The Bertz CT molecular complexity index is 254. The predicted molar refractivity (Wildman–Crippen MR) is 75.5 cm³/mol. The van der Waals surface area contributed by atoms with E-state index >= 15 is 0 Å². The van der Waals surface area contributed by atoms with Gasteiger partial charge in [-0.25, -0.2) is 0 Å². The van der Waals surface area contributed by atoms with Gasteiger partial charge in [-0.1, -0.05) is 12.8 Å². The molecule has 4 heteroatoms. The minimum absolute atomic E-state index is 0.00514. The van der Waals surface area contributed by atoms with Crippen LogP contribution in [0.5, 0.6) is 0 Å². The van der Waals surface area contributed by atoms with Crippen molar-refractivity contribution in [2.75, 3.05) is 18.1 Å². The highest BCUT2D eigenvalue weighted by atomic mass is 32.2. The summed E-state index contributed by atoms with van der Waals surface area (Å²) in [5.41, 5.74) is 0. The molecule has 1 aliphatic carbocycles. The monoisotopic (exact) mass is 274 g/mol. The second-order valence-electron chi connectivity index (χ2n) is 4.81. The maximum Gasteiger partial charge on any atom is 0.306 e. The fraction of sp³-hybridized carbons (Fsp3) is 0.923. The lowest BCUT2D eigenvalue weighted by Gasteiger charge is -2.45. The lowest BCUT2D eigenvalue weighted by molar-refractivity contribution is -0.144. The highest BCUT2D eigenvalue weighted by molar-refractivity contribution is 8.18. The maximum absolute atomic E-state index is 11.7. The smallest absolute Gasteiger partial charge is 0.306 e. The zero-order chi connectivity index (χ0) is 12.1. The molecule has 2 nitrogen and oxygen atoms in total. The second-order valence-corrected chi connectivity index (χ2v) is 7.92. The average molecular weight is 274 g/mol. The molecule has 1 aliphatic heterocycles. The fourth-order valence-corrected chi connectivity index (χ4v) is 6.57. The van der Waals surface area contributed by atoms with E-state index in [1.165, 1.54) is 43.6 Å². The topological polar surface area (TPSA) is 26.3 Å². The number of rotatable bonds is 3. The van der Waals surface area contributed by atoms with E-state index in [-0.39, 0.29) is 5.97 Å². The normalized spacial score (nSPS) is 27.9. The molecule has 1 saturated heterocycles. The predicted octanol–water partition coefficient (Wildman–Crippen LogP) is 3.70. The molecule has 1 atom stereocenters. The number of carbonyl (C=O) groups excluding carboxylic acids is 1. The van der Waals surface area contributed by atoms with E-state index in [9.17, 15) is 4.79 Å². The van der Waals surface area contributed by atoms with E-state index in [1.807, 2.05) is 6.92 Å². The van der Waals surface area contributed by atoms with E-state index in [2.05, 4.69) is 23.5 Å². The van der Waals surface area contributed by atoms with Crippen molar-refractivity contribution in [3.05, 3.63) is 0 Å². The first-order valence-electron chi connectivity index (χ1n) is 6.70. The van der Waals surface area contributed by atoms with E-state index < -0.39 is 0 Å². The molecule has 0 aromatic heterocycles. The van der Waals surface area contributed by atoms with Gasteiger partial charge in [-0.2, -0.15) is 0 Å². The minimum atomic E-state index is 0.00514. The fourth-order valence-electron chi connectivity index (χ4n) is 2.84. The first-order valence-corrected chi connectivity index (χ1v) is 8.67. The summed E-state index contributed by atoms with van der Waals surface area (Å²) in [6, 6.07) is 0. The Morgan fingerprint density at radius 1 is 1.29 bits per heavy atom. The van der Waals surface area contributed by atoms with Crippen molar-refractivity contribution in [1.82, 2.24) is 0 Å². The van der Waals surface area contributed by atoms with Gasteiger partial charge in [0.2, 0.25) is 0 Å². The third-order valence-electron chi connectivity index (χ3n) is 3.65. The quantitative estimate of drug-likeness (QED) is 0.733. The molecular formula is C13H22O2S2. The van der Waals surface area contributed by atoms with Gasteiger partial charge in [-0.05, 0) is 43.6 Å². The number of carbonyl (C=O) groups is 1. The van der Waals surface area contributed by atoms with Crippen molar-refractivity contribution in [2.45, 2.75) is 49.5 Å². The van der Waals surface area contributed by atoms with Gasteiger partial charge in [-0.3, -0.25) is 4.79 Å². The lowest BCUT2D eigenvalue weighted by Crippen LogP contribution is -2.38. The molecule has 2 fully saturated rings. The second kappa shape index (κ2) is 6.37. The van der Waals surface area contributed by atoms with Crippen LogP contribution in [0.2, 0.25) is 0 Å². The molecule has 0 aromatic rings.